The van der Waals surface area contributed by atoms with E-state index in [1.54, 1.807) is 12.4 Å². The van der Waals surface area contributed by atoms with Crippen LogP contribution >= 0.6 is 0 Å². The smallest absolute Gasteiger partial charge is 0.244 e. The van der Waals surface area contributed by atoms with E-state index in [0.717, 1.165) is 63.6 Å². The number of rotatable bonds is 5. The monoisotopic (exact) mass is 392 g/mol. The van der Waals surface area contributed by atoms with Gasteiger partial charge in [0.05, 0.1) is 19.3 Å². The van der Waals surface area contributed by atoms with E-state index in [1.165, 1.54) is 5.56 Å². The van der Waals surface area contributed by atoms with Crippen molar-refractivity contribution < 1.29 is 9.26 Å². The van der Waals surface area contributed by atoms with Gasteiger partial charge in [0.25, 0.3) is 0 Å². The van der Waals surface area contributed by atoms with Crippen LogP contribution in [0.2, 0.25) is 0 Å². The molecular weight excluding hydrogens is 368 g/mol. The second-order valence-corrected chi connectivity index (χ2v) is 7.45. The van der Waals surface area contributed by atoms with E-state index in [0.29, 0.717) is 11.7 Å². The highest BCUT2D eigenvalue weighted by Gasteiger charge is 2.31. The molecule has 5 rings (SSSR count). The second-order valence-electron chi connectivity index (χ2n) is 7.45. The quantitative estimate of drug-likeness (QED) is 0.656. The molecule has 0 spiro atoms. The number of pyridine rings is 2. The van der Waals surface area contributed by atoms with Crippen LogP contribution in [0.25, 0.3) is 11.4 Å². The van der Waals surface area contributed by atoms with Crippen molar-refractivity contribution in [3.63, 3.8) is 0 Å². The van der Waals surface area contributed by atoms with Crippen LogP contribution in [0.15, 0.2) is 47.4 Å². The van der Waals surface area contributed by atoms with Crippen molar-refractivity contribution in [1.29, 1.82) is 0 Å². The first-order valence-corrected chi connectivity index (χ1v) is 10.1. The van der Waals surface area contributed by atoms with E-state index in [-0.39, 0.29) is 6.04 Å². The predicted octanol–water partition coefficient (Wildman–Crippen LogP) is 2.70. The third-order valence-corrected chi connectivity index (χ3v) is 5.54. The molecule has 2 fully saturated rings. The minimum atomic E-state index is 0.150. The van der Waals surface area contributed by atoms with E-state index >= 15 is 0 Å². The van der Waals surface area contributed by atoms with Gasteiger partial charge in [0, 0.05) is 43.8 Å². The topological polar surface area (TPSA) is 80.4 Å². The number of aromatic nitrogens is 4. The third kappa shape index (κ3) is 3.99. The second kappa shape index (κ2) is 8.26. The molecule has 0 radical (unpaired) electrons. The molecule has 8 heteroatoms. The first kappa shape index (κ1) is 18.2. The molecule has 29 heavy (non-hydrogen) atoms. The SMILES string of the molecule is c1cncc(CN2CCCC2c2nc(-c3ccnc(N4CCOCC4)c3)no2)c1. The molecule has 1 atom stereocenters. The normalized spacial score (nSPS) is 20.3. The van der Waals surface area contributed by atoms with Crippen LogP contribution in [-0.4, -0.2) is 57.9 Å². The van der Waals surface area contributed by atoms with E-state index in [9.17, 15) is 0 Å². The highest BCUT2D eigenvalue weighted by molar-refractivity contribution is 5.59. The van der Waals surface area contributed by atoms with Gasteiger partial charge in [-0.1, -0.05) is 11.2 Å². The van der Waals surface area contributed by atoms with Gasteiger partial charge in [-0.25, -0.2) is 4.98 Å². The number of nitrogens with zero attached hydrogens (tertiary/aromatic N) is 6. The van der Waals surface area contributed by atoms with Crippen molar-refractivity contribution in [2.75, 3.05) is 37.7 Å². The van der Waals surface area contributed by atoms with Gasteiger partial charge in [0.2, 0.25) is 11.7 Å². The molecule has 2 saturated heterocycles. The number of morpholine rings is 1. The maximum atomic E-state index is 5.68. The van der Waals surface area contributed by atoms with E-state index in [4.69, 9.17) is 14.2 Å². The van der Waals surface area contributed by atoms with Gasteiger partial charge in [-0.2, -0.15) is 4.98 Å². The molecule has 0 saturated carbocycles. The summed E-state index contributed by atoms with van der Waals surface area (Å²) in [4.78, 5) is 18.1. The van der Waals surface area contributed by atoms with Crippen LogP contribution < -0.4 is 4.90 Å². The standard InChI is InChI=1S/C21H24N6O2/c1-3-16(14-22-6-1)15-27-8-2-4-18(27)21-24-20(25-29-21)17-5-7-23-19(13-17)26-9-11-28-12-10-26/h1,3,5-7,13-14,18H,2,4,8-12,15H2. The minimum absolute atomic E-state index is 0.150. The van der Waals surface area contributed by atoms with Crippen LogP contribution in [-0.2, 0) is 11.3 Å². The molecule has 5 heterocycles. The van der Waals surface area contributed by atoms with Crippen molar-refractivity contribution in [1.82, 2.24) is 25.0 Å². The number of likely N-dealkylation sites (tertiary alicyclic amines) is 1. The molecule has 8 nitrogen and oxygen atoms in total. The molecule has 0 N–H and O–H groups in total. The molecular formula is C21H24N6O2. The van der Waals surface area contributed by atoms with Gasteiger partial charge >= 0.3 is 0 Å². The third-order valence-electron chi connectivity index (χ3n) is 5.54. The first-order valence-electron chi connectivity index (χ1n) is 10.1. The fourth-order valence-corrected chi connectivity index (χ4v) is 4.03. The Morgan fingerprint density at radius 1 is 1.10 bits per heavy atom. The molecule has 0 bridgehead atoms. The summed E-state index contributed by atoms with van der Waals surface area (Å²) >= 11 is 0. The van der Waals surface area contributed by atoms with Gasteiger partial charge in [-0.15, -0.1) is 0 Å². The molecule has 1 unspecified atom stereocenters. The first-order chi connectivity index (χ1) is 14.4. The van der Waals surface area contributed by atoms with Gasteiger partial charge in [0.1, 0.15) is 5.82 Å². The van der Waals surface area contributed by atoms with Crippen LogP contribution in [0.4, 0.5) is 5.82 Å². The zero-order valence-corrected chi connectivity index (χ0v) is 16.3. The van der Waals surface area contributed by atoms with Gasteiger partial charge in [-0.3, -0.25) is 9.88 Å². The molecule has 3 aromatic heterocycles. The number of anilines is 1. The van der Waals surface area contributed by atoms with Crippen LogP contribution in [0.5, 0.6) is 0 Å². The summed E-state index contributed by atoms with van der Waals surface area (Å²) in [5.74, 6) is 2.23. The lowest BCUT2D eigenvalue weighted by molar-refractivity contribution is 0.122. The summed E-state index contributed by atoms with van der Waals surface area (Å²) < 4.78 is 11.1. The average Bonchev–Trinajstić information content (AvgIpc) is 3.45. The van der Waals surface area contributed by atoms with Crippen molar-refractivity contribution in [2.45, 2.75) is 25.4 Å². The lowest BCUT2D eigenvalue weighted by Crippen LogP contribution is -2.36. The van der Waals surface area contributed by atoms with Crippen molar-refractivity contribution in [3.05, 3.63) is 54.3 Å². The Balaban J connectivity index is 1.34. The van der Waals surface area contributed by atoms with Crippen LogP contribution in [0.1, 0.15) is 30.3 Å². The Morgan fingerprint density at radius 3 is 2.90 bits per heavy atom. The molecule has 3 aromatic rings. The molecule has 0 aromatic carbocycles. The summed E-state index contributed by atoms with van der Waals surface area (Å²) in [6, 6.07) is 8.19. The van der Waals surface area contributed by atoms with Gasteiger partial charge in [0.15, 0.2) is 0 Å². The highest BCUT2D eigenvalue weighted by Crippen LogP contribution is 2.33. The zero-order valence-electron chi connectivity index (χ0n) is 16.3. The molecule has 0 amide bonds. The van der Waals surface area contributed by atoms with Gasteiger partial charge < -0.3 is 14.2 Å². The largest absolute Gasteiger partial charge is 0.378 e. The Labute approximate surface area is 169 Å². The summed E-state index contributed by atoms with van der Waals surface area (Å²) in [6.07, 6.45) is 7.67. The summed E-state index contributed by atoms with van der Waals surface area (Å²) in [5.41, 5.74) is 2.12. The van der Waals surface area contributed by atoms with E-state index in [2.05, 4.69) is 31.0 Å². The Kier molecular flexibility index (Phi) is 5.19. The summed E-state index contributed by atoms with van der Waals surface area (Å²) in [6.45, 7) is 5.01. The Bertz CT molecular complexity index is 941. The maximum Gasteiger partial charge on any atom is 0.244 e. The highest BCUT2D eigenvalue weighted by atomic mass is 16.5. The minimum Gasteiger partial charge on any atom is -0.378 e. The maximum absolute atomic E-state index is 5.68. The number of hydrogen-bond acceptors (Lipinski definition) is 8. The summed E-state index contributed by atoms with van der Waals surface area (Å²) in [5, 5.41) is 4.26. The predicted molar refractivity (Wildman–Crippen MR) is 107 cm³/mol. The number of hydrogen-bond donors (Lipinski definition) is 0. The average molecular weight is 392 g/mol. The van der Waals surface area contributed by atoms with Crippen LogP contribution in [0.3, 0.4) is 0 Å². The Morgan fingerprint density at radius 2 is 2.03 bits per heavy atom. The fraction of sp³-hybridized carbons (Fsp3) is 0.429. The zero-order chi connectivity index (χ0) is 19.5. The number of ether oxygens (including phenoxy) is 1. The summed E-state index contributed by atoms with van der Waals surface area (Å²) in [7, 11) is 0. The van der Waals surface area contributed by atoms with Crippen molar-refractivity contribution in [2.24, 2.45) is 0 Å². The van der Waals surface area contributed by atoms with E-state index < -0.39 is 0 Å². The van der Waals surface area contributed by atoms with Crippen LogP contribution in [0, 0.1) is 0 Å². The molecule has 0 aliphatic carbocycles. The van der Waals surface area contributed by atoms with Crippen molar-refractivity contribution >= 4 is 5.82 Å². The molecule has 2 aliphatic rings. The van der Waals surface area contributed by atoms with Gasteiger partial charge in [-0.05, 0) is 43.1 Å². The molecule has 150 valence electrons. The Hall–Kier alpha value is -2.84. The lowest BCUT2D eigenvalue weighted by Gasteiger charge is -2.27. The molecule has 2 aliphatic heterocycles. The lowest BCUT2D eigenvalue weighted by atomic mass is 10.2. The van der Waals surface area contributed by atoms with Crippen molar-refractivity contribution in [3.8, 4) is 11.4 Å². The fourth-order valence-electron chi connectivity index (χ4n) is 4.03. The van der Waals surface area contributed by atoms with E-state index in [1.807, 2.05) is 24.4 Å².